The molecule has 0 spiro atoms. The lowest BCUT2D eigenvalue weighted by atomic mass is 10.0. The van der Waals surface area contributed by atoms with Crippen molar-refractivity contribution in [2.75, 3.05) is 24.9 Å². The maximum absolute atomic E-state index is 12.9. The molecular weight excluding hydrogens is 428 g/mol. The predicted octanol–water partition coefficient (Wildman–Crippen LogP) is 5.31. The van der Waals surface area contributed by atoms with Crippen LogP contribution >= 0.6 is 11.9 Å². The van der Waals surface area contributed by atoms with Crippen LogP contribution < -0.4 is 4.72 Å². The van der Waals surface area contributed by atoms with Gasteiger partial charge in [-0.3, -0.25) is 14.7 Å². The van der Waals surface area contributed by atoms with E-state index in [2.05, 4.69) is 64.1 Å². The average molecular weight is 455 g/mol. The Labute approximate surface area is 198 Å². The van der Waals surface area contributed by atoms with Crippen molar-refractivity contribution in [2.24, 2.45) is 0 Å². The van der Waals surface area contributed by atoms with Gasteiger partial charge in [0, 0.05) is 48.5 Å². The molecule has 0 radical (unpaired) electrons. The van der Waals surface area contributed by atoms with Crippen LogP contribution in [0.5, 0.6) is 0 Å². The number of anilines is 1. The molecule has 1 N–H and O–H groups in total. The largest absolute Gasteiger partial charge is 0.335 e. The Bertz CT molecular complexity index is 1230. The summed E-state index contributed by atoms with van der Waals surface area (Å²) in [5.74, 6) is 0.0943. The number of pyridine rings is 1. The summed E-state index contributed by atoms with van der Waals surface area (Å²) in [4.78, 5) is 22.7. The smallest absolute Gasteiger partial charge is 0.253 e. The Morgan fingerprint density at radius 3 is 2.55 bits per heavy atom. The molecule has 166 valence electrons. The van der Waals surface area contributed by atoms with E-state index in [4.69, 9.17) is 0 Å². The van der Waals surface area contributed by atoms with Crippen LogP contribution in [-0.4, -0.2) is 46.9 Å². The summed E-state index contributed by atoms with van der Waals surface area (Å²) in [6.07, 6.45) is 1.81. The lowest BCUT2D eigenvalue weighted by Crippen LogP contribution is -2.59. The lowest BCUT2D eigenvalue weighted by Gasteiger charge is -2.44. The van der Waals surface area contributed by atoms with Crippen LogP contribution in [0.25, 0.3) is 10.9 Å². The molecular formula is C27H26N4OS. The molecule has 5 rings (SSSR count). The summed E-state index contributed by atoms with van der Waals surface area (Å²) < 4.78 is 3.37. The zero-order chi connectivity index (χ0) is 22.6. The molecule has 0 aliphatic carbocycles. The molecule has 0 unspecified atom stereocenters. The number of fused-ring (bicyclic) bond motifs is 1. The quantitative estimate of drug-likeness (QED) is 0.384. The van der Waals surface area contributed by atoms with Gasteiger partial charge in [0.05, 0.1) is 10.4 Å². The van der Waals surface area contributed by atoms with Gasteiger partial charge in [-0.05, 0) is 61.0 Å². The molecule has 4 aromatic rings. The molecule has 33 heavy (non-hydrogen) atoms. The van der Waals surface area contributed by atoms with Crippen molar-refractivity contribution in [3.8, 4) is 0 Å². The Kier molecular flexibility index (Phi) is 6.28. The van der Waals surface area contributed by atoms with E-state index in [1.165, 1.54) is 17.5 Å². The summed E-state index contributed by atoms with van der Waals surface area (Å²) in [6, 6.07) is 28.7. The van der Waals surface area contributed by atoms with Crippen LogP contribution in [-0.2, 0) is 6.54 Å². The first-order chi connectivity index (χ1) is 16.2. The highest BCUT2D eigenvalue weighted by atomic mass is 32.2. The summed E-state index contributed by atoms with van der Waals surface area (Å²) >= 11 is 1.53. The number of para-hydroxylation sites is 1. The zero-order valence-electron chi connectivity index (χ0n) is 18.5. The second-order valence-corrected chi connectivity index (χ2v) is 9.23. The van der Waals surface area contributed by atoms with Crippen LogP contribution in [0.4, 0.5) is 5.69 Å². The van der Waals surface area contributed by atoms with Crippen molar-refractivity contribution in [3.05, 3.63) is 102 Å². The van der Waals surface area contributed by atoms with Crippen LogP contribution in [0, 0.1) is 0 Å². The Morgan fingerprint density at radius 1 is 1.00 bits per heavy atom. The van der Waals surface area contributed by atoms with Gasteiger partial charge in [-0.15, -0.1) is 0 Å². The molecule has 1 amide bonds. The molecule has 5 nitrogen and oxygen atoms in total. The molecule has 0 atom stereocenters. The third-order valence-corrected chi connectivity index (χ3v) is 6.94. The van der Waals surface area contributed by atoms with E-state index in [1.54, 1.807) is 0 Å². The minimum atomic E-state index is 0.0943. The van der Waals surface area contributed by atoms with E-state index in [1.807, 2.05) is 53.6 Å². The zero-order valence-corrected chi connectivity index (χ0v) is 19.3. The number of hydrogen-bond donors (Lipinski definition) is 1. The molecule has 1 aliphatic rings. The van der Waals surface area contributed by atoms with Crippen molar-refractivity contribution in [3.63, 3.8) is 0 Å². The SMILES string of the molecule is CN(Cc1ccccc1)C1CN(C(=O)c2ccc(NSc3cccc4cccnc34)cc2)C1. The molecule has 1 aliphatic heterocycles. The molecule has 0 saturated carbocycles. The molecule has 0 bridgehead atoms. The standard InChI is InChI=1S/C27H26N4OS/c1-30(17-20-7-3-2-4-8-20)24-18-31(19-24)27(32)22-12-14-23(15-13-22)29-33-25-11-5-9-21-10-6-16-28-26(21)25/h2-16,24,29H,17-19H2,1H3. The molecule has 1 fully saturated rings. The Hall–Kier alpha value is -3.35. The first-order valence-electron chi connectivity index (χ1n) is 11.1. The first-order valence-corrected chi connectivity index (χ1v) is 11.9. The number of amides is 1. The highest BCUT2D eigenvalue weighted by molar-refractivity contribution is 8.00. The van der Waals surface area contributed by atoms with E-state index in [0.29, 0.717) is 6.04 Å². The molecule has 1 aromatic heterocycles. The fraction of sp³-hybridized carbons (Fsp3) is 0.185. The fourth-order valence-electron chi connectivity index (χ4n) is 4.04. The second-order valence-electron chi connectivity index (χ2n) is 8.38. The van der Waals surface area contributed by atoms with E-state index in [0.717, 1.165) is 46.7 Å². The van der Waals surface area contributed by atoms with Gasteiger partial charge in [0.1, 0.15) is 0 Å². The molecule has 3 aromatic carbocycles. The summed E-state index contributed by atoms with van der Waals surface area (Å²) in [7, 11) is 2.13. The highest BCUT2D eigenvalue weighted by Gasteiger charge is 2.33. The molecule has 2 heterocycles. The predicted molar refractivity (Wildman–Crippen MR) is 135 cm³/mol. The molecule has 1 saturated heterocycles. The maximum atomic E-state index is 12.9. The van der Waals surface area contributed by atoms with Crippen molar-refractivity contribution in [1.29, 1.82) is 0 Å². The summed E-state index contributed by atoms with van der Waals surface area (Å²) in [5, 5.41) is 1.12. The van der Waals surface area contributed by atoms with E-state index in [-0.39, 0.29) is 5.91 Å². The number of likely N-dealkylation sites (N-methyl/N-ethyl adjacent to an activating group) is 1. The van der Waals surface area contributed by atoms with Crippen molar-refractivity contribution >= 4 is 34.4 Å². The molecule has 6 heteroatoms. The Balaban J connectivity index is 1.14. The first kappa shape index (κ1) is 21.5. The van der Waals surface area contributed by atoms with Gasteiger partial charge in [0.2, 0.25) is 0 Å². The van der Waals surface area contributed by atoms with Crippen LogP contribution in [0.1, 0.15) is 15.9 Å². The van der Waals surface area contributed by atoms with E-state index >= 15 is 0 Å². The van der Waals surface area contributed by atoms with Crippen LogP contribution in [0.3, 0.4) is 0 Å². The maximum Gasteiger partial charge on any atom is 0.253 e. The normalized spacial score (nSPS) is 13.8. The van der Waals surface area contributed by atoms with Crippen molar-refractivity contribution < 1.29 is 4.79 Å². The monoisotopic (exact) mass is 454 g/mol. The topological polar surface area (TPSA) is 48.5 Å². The van der Waals surface area contributed by atoms with Gasteiger partial charge in [-0.2, -0.15) is 0 Å². The van der Waals surface area contributed by atoms with Gasteiger partial charge in [-0.1, -0.05) is 48.5 Å². The van der Waals surface area contributed by atoms with Gasteiger partial charge >= 0.3 is 0 Å². The number of carbonyl (C=O) groups excluding carboxylic acids is 1. The third-order valence-electron chi connectivity index (χ3n) is 6.05. The van der Waals surface area contributed by atoms with Crippen molar-refractivity contribution in [2.45, 2.75) is 17.5 Å². The Morgan fingerprint density at radius 2 is 1.76 bits per heavy atom. The number of aromatic nitrogens is 1. The number of carbonyl (C=O) groups is 1. The third kappa shape index (κ3) is 4.87. The van der Waals surface area contributed by atoms with Crippen LogP contribution in [0.2, 0.25) is 0 Å². The minimum absolute atomic E-state index is 0.0943. The van der Waals surface area contributed by atoms with Gasteiger partial charge < -0.3 is 9.62 Å². The van der Waals surface area contributed by atoms with E-state index < -0.39 is 0 Å². The number of benzene rings is 3. The number of likely N-dealkylation sites (tertiary alicyclic amines) is 1. The summed E-state index contributed by atoms with van der Waals surface area (Å²) in [6.45, 7) is 2.44. The number of nitrogens with zero attached hydrogens (tertiary/aromatic N) is 3. The van der Waals surface area contributed by atoms with Crippen LogP contribution in [0.15, 0.2) is 96.0 Å². The number of nitrogens with one attached hydrogen (secondary N) is 1. The second kappa shape index (κ2) is 9.65. The highest BCUT2D eigenvalue weighted by Crippen LogP contribution is 2.28. The van der Waals surface area contributed by atoms with Gasteiger partial charge in [0.25, 0.3) is 5.91 Å². The van der Waals surface area contributed by atoms with Gasteiger partial charge in [0.15, 0.2) is 0 Å². The average Bonchev–Trinajstić information content (AvgIpc) is 2.82. The fourth-order valence-corrected chi connectivity index (χ4v) is 4.81. The van der Waals surface area contributed by atoms with E-state index in [9.17, 15) is 4.79 Å². The van der Waals surface area contributed by atoms with Gasteiger partial charge in [-0.25, -0.2) is 0 Å². The summed E-state index contributed by atoms with van der Waals surface area (Å²) in [5.41, 5.74) is 3.95. The minimum Gasteiger partial charge on any atom is -0.335 e. The van der Waals surface area contributed by atoms with Crippen molar-refractivity contribution in [1.82, 2.24) is 14.8 Å². The number of hydrogen-bond acceptors (Lipinski definition) is 5. The number of rotatable bonds is 7. The lowest BCUT2D eigenvalue weighted by molar-refractivity contribution is 0.0321.